The summed E-state index contributed by atoms with van der Waals surface area (Å²) in [4.78, 5) is 28.9. The summed E-state index contributed by atoms with van der Waals surface area (Å²) in [5, 5.41) is 0. The number of hydrogen-bond donors (Lipinski definition) is 0. The third-order valence-electron chi connectivity index (χ3n) is 5.10. The summed E-state index contributed by atoms with van der Waals surface area (Å²) in [6.45, 7) is 3.02. The van der Waals surface area contributed by atoms with E-state index in [1.54, 1.807) is 0 Å². The fourth-order valence-electron chi connectivity index (χ4n) is 3.61. The first kappa shape index (κ1) is 16.7. The Morgan fingerprint density at radius 2 is 1.85 bits per heavy atom. The minimum atomic E-state index is 0.0369. The van der Waals surface area contributed by atoms with Crippen molar-refractivity contribution in [2.75, 3.05) is 32.8 Å². The Bertz CT molecular complexity index is 835. The molecular weight excluding hydrogens is 330 g/mol. The minimum absolute atomic E-state index is 0.0369. The molecule has 2 aliphatic rings. The Morgan fingerprint density at radius 1 is 1.08 bits per heavy atom. The number of amides is 2. The molecule has 1 aromatic heterocycles. The van der Waals surface area contributed by atoms with Crippen LogP contribution >= 0.6 is 0 Å². The Kier molecular flexibility index (Phi) is 4.41. The zero-order chi connectivity index (χ0) is 18.1. The highest BCUT2D eigenvalue weighted by atomic mass is 16.5. The van der Waals surface area contributed by atoms with Gasteiger partial charge in [-0.15, -0.1) is 0 Å². The van der Waals surface area contributed by atoms with Crippen molar-refractivity contribution in [1.29, 1.82) is 0 Å². The number of benzene rings is 1. The molecule has 0 unspecified atom stereocenters. The lowest BCUT2D eigenvalue weighted by atomic mass is 10.1. The summed E-state index contributed by atoms with van der Waals surface area (Å²) in [5.41, 5.74) is 2.84. The van der Waals surface area contributed by atoms with Crippen molar-refractivity contribution in [2.24, 2.45) is 7.05 Å². The maximum Gasteiger partial charge on any atom is 0.253 e. The molecule has 1 aromatic carbocycles. The SMILES string of the molecule is Cn1ccc(CC(=O)N2CCN(C(=O)c3ccc4c(c3)CCO4)CC2)c1. The molecule has 0 radical (unpaired) electrons. The molecule has 6 nitrogen and oxygen atoms in total. The van der Waals surface area contributed by atoms with Crippen LogP contribution in [-0.2, 0) is 24.7 Å². The Labute approximate surface area is 153 Å². The van der Waals surface area contributed by atoms with E-state index in [0.717, 1.165) is 23.3 Å². The van der Waals surface area contributed by atoms with E-state index in [4.69, 9.17) is 4.74 Å². The van der Waals surface area contributed by atoms with Crippen LogP contribution in [0.3, 0.4) is 0 Å². The van der Waals surface area contributed by atoms with Gasteiger partial charge in [-0.2, -0.15) is 0 Å². The molecule has 2 aliphatic heterocycles. The van der Waals surface area contributed by atoms with Crippen molar-refractivity contribution < 1.29 is 14.3 Å². The Morgan fingerprint density at radius 3 is 2.58 bits per heavy atom. The van der Waals surface area contributed by atoms with Gasteiger partial charge in [0.05, 0.1) is 13.0 Å². The van der Waals surface area contributed by atoms with Crippen LogP contribution in [0.1, 0.15) is 21.5 Å². The van der Waals surface area contributed by atoms with Gasteiger partial charge in [-0.05, 0) is 35.4 Å². The molecule has 26 heavy (non-hydrogen) atoms. The van der Waals surface area contributed by atoms with Gasteiger partial charge in [0.25, 0.3) is 5.91 Å². The van der Waals surface area contributed by atoms with Gasteiger partial charge in [-0.25, -0.2) is 0 Å². The van der Waals surface area contributed by atoms with Gasteiger partial charge in [0.1, 0.15) is 5.75 Å². The number of rotatable bonds is 3. The lowest BCUT2D eigenvalue weighted by molar-refractivity contribution is -0.131. The number of fused-ring (bicyclic) bond motifs is 1. The highest BCUT2D eigenvalue weighted by molar-refractivity contribution is 5.95. The maximum atomic E-state index is 12.7. The van der Waals surface area contributed by atoms with Crippen LogP contribution in [0.2, 0.25) is 0 Å². The molecule has 2 amide bonds. The molecule has 4 rings (SSSR count). The van der Waals surface area contributed by atoms with Crippen molar-refractivity contribution in [3.05, 3.63) is 53.3 Å². The Balaban J connectivity index is 1.34. The van der Waals surface area contributed by atoms with Gasteiger partial charge >= 0.3 is 0 Å². The van der Waals surface area contributed by atoms with Gasteiger partial charge < -0.3 is 19.1 Å². The molecule has 0 N–H and O–H groups in total. The van der Waals surface area contributed by atoms with E-state index in [1.807, 2.05) is 58.1 Å². The number of nitrogens with zero attached hydrogens (tertiary/aromatic N) is 3. The van der Waals surface area contributed by atoms with Crippen LogP contribution in [0, 0.1) is 0 Å². The zero-order valence-electron chi connectivity index (χ0n) is 15.0. The van der Waals surface area contributed by atoms with Crippen LogP contribution in [0.4, 0.5) is 0 Å². The van der Waals surface area contributed by atoms with Crippen molar-refractivity contribution in [2.45, 2.75) is 12.8 Å². The normalized spacial score (nSPS) is 16.3. The number of piperazine rings is 1. The van der Waals surface area contributed by atoms with E-state index in [9.17, 15) is 9.59 Å². The predicted octanol–water partition coefficient (Wildman–Crippen LogP) is 1.49. The van der Waals surface area contributed by atoms with E-state index in [-0.39, 0.29) is 11.8 Å². The van der Waals surface area contributed by atoms with Crippen molar-refractivity contribution >= 4 is 11.8 Å². The summed E-state index contributed by atoms with van der Waals surface area (Å²) in [7, 11) is 1.95. The summed E-state index contributed by atoms with van der Waals surface area (Å²) in [6.07, 6.45) is 5.19. The highest BCUT2D eigenvalue weighted by Gasteiger charge is 2.26. The van der Waals surface area contributed by atoms with E-state index in [2.05, 4.69) is 0 Å². The number of carbonyl (C=O) groups excluding carboxylic acids is 2. The summed E-state index contributed by atoms with van der Waals surface area (Å²) in [6, 6.07) is 7.63. The molecule has 0 bridgehead atoms. The van der Waals surface area contributed by atoms with Gasteiger partial charge in [0.2, 0.25) is 5.91 Å². The molecule has 0 atom stereocenters. The summed E-state index contributed by atoms with van der Waals surface area (Å²) >= 11 is 0. The van der Waals surface area contributed by atoms with Crippen LogP contribution in [0.25, 0.3) is 0 Å². The lowest BCUT2D eigenvalue weighted by Crippen LogP contribution is -2.51. The summed E-state index contributed by atoms with van der Waals surface area (Å²) in [5.74, 6) is 1.05. The monoisotopic (exact) mass is 353 g/mol. The number of aryl methyl sites for hydroxylation is 1. The summed E-state index contributed by atoms with van der Waals surface area (Å²) < 4.78 is 7.44. The quantitative estimate of drug-likeness (QED) is 0.840. The molecule has 0 spiro atoms. The number of hydrogen-bond acceptors (Lipinski definition) is 3. The fourth-order valence-corrected chi connectivity index (χ4v) is 3.61. The van der Waals surface area contributed by atoms with Crippen molar-refractivity contribution in [3.8, 4) is 5.75 Å². The standard InChI is InChI=1S/C20H23N3O3/c1-21-6-4-15(14-21)12-19(24)22-7-9-23(10-8-22)20(25)17-2-3-18-16(13-17)5-11-26-18/h2-4,6,13-14H,5,7-12H2,1H3. The van der Waals surface area contributed by atoms with Crippen LogP contribution in [0.15, 0.2) is 36.7 Å². The van der Waals surface area contributed by atoms with E-state index >= 15 is 0 Å². The second kappa shape index (κ2) is 6.86. The second-order valence-corrected chi connectivity index (χ2v) is 6.96. The van der Waals surface area contributed by atoms with Gasteiger partial charge in [-0.3, -0.25) is 9.59 Å². The van der Waals surface area contributed by atoms with Gasteiger partial charge in [0.15, 0.2) is 0 Å². The smallest absolute Gasteiger partial charge is 0.253 e. The molecule has 0 aliphatic carbocycles. The first-order valence-electron chi connectivity index (χ1n) is 9.04. The van der Waals surface area contributed by atoms with Crippen molar-refractivity contribution in [3.63, 3.8) is 0 Å². The Hall–Kier alpha value is -2.76. The topological polar surface area (TPSA) is 54.8 Å². The number of ether oxygens (including phenoxy) is 1. The van der Waals surface area contributed by atoms with Crippen LogP contribution in [-0.4, -0.2) is 59.0 Å². The van der Waals surface area contributed by atoms with E-state index in [0.29, 0.717) is 44.8 Å². The molecule has 2 aromatic rings. The molecule has 6 heteroatoms. The second-order valence-electron chi connectivity index (χ2n) is 6.96. The van der Waals surface area contributed by atoms with E-state index < -0.39 is 0 Å². The van der Waals surface area contributed by atoms with Crippen LogP contribution < -0.4 is 4.74 Å². The molecule has 136 valence electrons. The third kappa shape index (κ3) is 3.31. The lowest BCUT2D eigenvalue weighted by Gasteiger charge is -2.35. The molecule has 1 saturated heterocycles. The number of carbonyl (C=O) groups is 2. The molecular formula is C20H23N3O3. The first-order chi connectivity index (χ1) is 12.6. The molecule has 1 fully saturated rings. The average molecular weight is 353 g/mol. The first-order valence-corrected chi connectivity index (χ1v) is 9.04. The predicted molar refractivity (Wildman–Crippen MR) is 97.2 cm³/mol. The fraction of sp³-hybridized carbons (Fsp3) is 0.400. The largest absolute Gasteiger partial charge is 0.493 e. The molecule has 3 heterocycles. The average Bonchev–Trinajstić information content (AvgIpc) is 3.29. The maximum absolute atomic E-state index is 12.7. The van der Waals surface area contributed by atoms with Crippen LogP contribution in [0.5, 0.6) is 5.75 Å². The number of aromatic nitrogens is 1. The van der Waals surface area contributed by atoms with E-state index in [1.165, 1.54) is 0 Å². The minimum Gasteiger partial charge on any atom is -0.493 e. The highest BCUT2D eigenvalue weighted by Crippen LogP contribution is 2.26. The zero-order valence-corrected chi connectivity index (χ0v) is 15.0. The molecule has 0 saturated carbocycles. The van der Waals surface area contributed by atoms with Gasteiger partial charge in [-0.1, -0.05) is 0 Å². The third-order valence-corrected chi connectivity index (χ3v) is 5.10. The van der Waals surface area contributed by atoms with Crippen molar-refractivity contribution in [1.82, 2.24) is 14.4 Å². The van der Waals surface area contributed by atoms with Gasteiger partial charge in [0, 0.05) is 57.6 Å².